The Bertz CT molecular complexity index is 8800. The first-order valence-corrected chi connectivity index (χ1v) is 47.7. The molecule has 144 heavy (non-hydrogen) atoms. The lowest BCUT2D eigenvalue weighted by atomic mass is 9.74. The Morgan fingerprint density at radius 2 is 0.194 bits per heavy atom. The molecule has 0 unspecified atom stereocenters. The van der Waals surface area contributed by atoms with Crippen molar-refractivity contribution in [3.63, 3.8) is 0 Å². The summed E-state index contributed by atoms with van der Waals surface area (Å²) in [5.74, 6) is 14.7. The molecule has 0 bridgehead atoms. The molecule has 0 aliphatic carbocycles. The second-order valence-corrected chi connectivity index (χ2v) is 38.2. The van der Waals surface area contributed by atoms with Gasteiger partial charge in [-0.05, 0) is 302 Å². The number of hydrogen-bond acceptors (Lipinski definition) is 24. The van der Waals surface area contributed by atoms with Crippen LogP contribution in [0.25, 0.3) is 129 Å². The maximum absolute atomic E-state index is 6.81. The average molecular weight is 1860 g/mol. The molecule has 21 aromatic rings. The maximum Gasteiger partial charge on any atom is 0.632 e. The Balaban J connectivity index is 0.387. The van der Waals surface area contributed by atoms with Crippen molar-refractivity contribution in [3.05, 3.63) is 267 Å². The van der Waals surface area contributed by atoms with E-state index in [1.54, 1.807) is 0 Å². The standard InChI is InChI=1S/C106H56B14O24/c1-109-121-83-25-59-61(27-85(83)123-109)69-35-95-101(43-77(69)75-41-93-91(33-67(59)75)129-113(131-93)51-9-5-49(107)6-10-51)139-115(133-95)53-13-17-55(18-14-53)117-135-97-37-71-63-29-87-89(127-111(3)125-87)31-65(63)73-39-99-105(47-81(73)79(71)45-103(97)141-117)143-119(137-99)57-21-23-58(24-22-57)120-138-100-40-74-66-32-90-88(126-112(4)128-90)30-64(66)72-38-98-104(46-80(72)82(74)48-106(100)144-120)142-118(136-98)56-19-15-54(16-20-56)116-134-96-36-70-62-28-86-84(122-110(2)124-86)26-60(62)68-34-92-94(42-76(68)78(70)44-102(96)140-116)132-114(130-92)52-11-7-50(108)8-12-52/h5-48H,1-4H3. The molecule has 12 heterocycles. The molecule has 38 heteroatoms. The minimum atomic E-state index is -0.798. The normalized spacial score (nSPS) is 15.5. The quantitative estimate of drug-likeness (QED) is 0.102. The predicted octanol–water partition coefficient (Wildman–Crippen LogP) is 14.0. The van der Waals surface area contributed by atoms with E-state index in [4.69, 9.17) is 127 Å². The lowest BCUT2D eigenvalue weighted by molar-refractivity contribution is 0.509. The molecule has 33 rings (SSSR count). The van der Waals surface area contributed by atoms with E-state index in [0.29, 0.717) is 149 Å². The van der Waals surface area contributed by atoms with Crippen LogP contribution in [0.4, 0.5) is 0 Å². The van der Waals surface area contributed by atoms with E-state index in [1.165, 1.54) is 0 Å². The van der Waals surface area contributed by atoms with Crippen molar-refractivity contribution >= 4 is 285 Å². The molecule has 24 nitrogen and oxygen atoms in total. The average Bonchev–Trinajstić information content (AvgIpc) is 1.61. The molecule has 0 atom stereocenters. The van der Waals surface area contributed by atoms with Crippen molar-refractivity contribution in [1.29, 1.82) is 0 Å². The van der Waals surface area contributed by atoms with Gasteiger partial charge in [-0.2, -0.15) is 0 Å². The molecule has 0 amide bonds. The third-order valence-corrected chi connectivity index (χ3v) is 29.4. The molecule has 21 aromatic carbocycles. The fourth-order valence-electron chi connectivity index (χ4n) is 22.7. The summed E-state index contributed by atoms with van der Waals surface area (Å²) in [6.45, 7) is 7.52. The highest BCUT2D eigenvalue weighted by Crippen LogP contribution is 2.57. The zero-order valence-electron chi connectivity index (χ0n) is 76.3. The lowest BCUT2D eigenvalue weighted by Crippen LogP contribution is -2.43. The largest absolute Gasteiger partial charge is 0.632 e. The summed E-state index contributed by atoms with van der Waals surface area (Å²) in [6.07, 6.45) is 0. The zero-order chi connectivity index (χ0) is 94.5. The molecule has 4 radical (unpaired) electrons. The summed E-state index contributed by atoms with van der Waals surface area (Å²) >= 11 is 0. The first kappa shape index (κ1) is 79.6. The third-order valence-electron chi connectivity index (χ3n) is 29.4. The van der Waals surface area contributed by atoms with Gasteiger partial charge in [0.25, 0.3) is 0 Å². The van der Waals surface area contributed by atoms with Crippen molar-refractivity contribution in [2.75, 3.05) is 0 Å². The van der Waals surface area contributed by atoms with Gasteiger partial charge in [-0.15, -0.1) is 0 Å². The topological polar surface area (TPSA) is 222 Å². The Morgan fingerprint density at radius 3 is 0.285 bits per heavy atom. The Morgan fingerprint density at radius 1 is 0.118 bits per heavy atom. The lowest BCUT2D eigenvalue weighted by Gasteiger charge is -2.14. The smallest absolute Gasteiger partial charge is 0.523 e. The van der Waals surface area contributed by atoms with Crippen LogP contribution in [0.15, 0.2) is 267 Å². The van der Waals surface area contributed by atoms with Crippen LogP contribution >= 0.6 is 0 Å². The van der Waals surface area contributed by atoms with Crippen LogP contribution in [0, 0.1) is 0 Å². The summed E-state index contributed by atoms with van der Waals surface area (Å²) in [4.78, 5) is 0. The van der Waals surface area contributed by atoms with Gasteiger partial charge in [0, 0.05) is 43.7 Å². The van der Waals surface area contributed by atoms with Crippen molar-refractivity contribution < 1.29 is 112 Å². The molecule has 0 saturated carbocycles. The fourth-order valence-corrected chi connectivity index (χ4v) is 22.7. The van der Waals surface area contributed by atoms with Gasteiger partial charge in [-0.3, -0.25) is 0 Å². The highest BCUT2D eigenvalue weighted by molar-refractivity contribution is 6.69. The van der Waals surface area contributed by atoms with Gasteiger partial charge in [0.2, 0.25) is 0 Å². The monoisotopic (exact) mass is 1870 g/mol. The molecule has 0 N–H and O–H groups in total. The minimum absolute atomic E-state index is 0.441. The van der Waals surface area contributed by atoms with Crippen molar-refractivity contribution in [2.45, 2.75) is 27.3 Å². The Labute approximate surface area is 823 Å². The molecule has 0 spiro atoms. The van der Waals surface area contributed by atoms with Gasteiger partial charge in [0.05, 0.1) is 0 Å². The summed E-state index contributed by atoms with van der Waals surface area (Å²) in [7, 11) is 4.27. The number of benzene rings is 21. The highest BCUT2D eigenvalue weighted by Gasteiger charge is 2.47. The van der Waals surface area contributed by atoms with E-state index in [0.717, 1.165) is 173 Å². The SMILES string of the molecule is [B]c1ccc(B2Oc3cc4c5cc6c(cc5c5cc7c(cc5c4cc3O2)OB(c2ccc(B3Oc4cc5c8cc9c(cc8c8cc%10c(cc8c5cc4O3)OB(c3ccc(B4Oc5cc8c%11cc%12c(cc%11c%11cc%13c(cc%11c8cc5O4)OB(c4ccc(B5Oc8cc%11c%14cc%15c(cc%14c%14cc%16c(cc%14c%11cc8O5)OB(c5ccc([B])cc5)O%16)OB(C)O%15)cc4)O%13)OB(C)O%12)cc3)O%10)OB(C)O9)cc2)O7)OB(C)O6)cc1. The van der Waals surface area contributed by atoms with Crippen molar-refractivity contribution in [2.24, 2.45) is 0 Å². The van der Waals surface area contributed by atoms with Gasteiger partial charge in [0.1, 0.15) is 154 Å². The first-order chi connectivity index (χ1) is 70.5. The van der Waals surface area contributed by atoms with Gasteiger partial charge in [-0.25, -0.2) is 0 Å². The van der Waals surface area contributed by atoms with Crippen LogP contribution in [-0.4, -0.2) is 101 Å². The minimum Gasteiger partial charge on any atom is -0.523 e. The first-order valence-electron chi connectivity index (χ1n) is 47.7. The summed E-state index contributed by atoms with van der Waals surface area (Å²) in [5, 5.41) is 22.3. The van der Waals surface area contributed by atoms with Crippen LogP contribution in [0.1, 0.15) is 0 Å². The van der Waals surface area contributed by atoms with E-state index in [1.807, 2.05) is 294 Å². The van der Waals surface area contributed by atoms with Crippen molar-refractivity contribution in [3.8, 4) is 138 Å². The van der Waals surface area contributed by atoms with Gasteiger partial charge >= 0.3 is 85.4 Å². The highest BCUT2D eigenvalue weighted by atomic mass is 16.7. The van der Waals surface area contributed by atoms with Gasteiger partial charge in [-0.1, -0.05) is 132 Å². The second kappa shape index (κ2) is 28.8. The Kier molecular flexibility index (Phi) is 15.9. The zero-order valence-corrected chi connectivity index (χ0v) is 76.3. The predicted molar refractivity (Wildman–Crippen MR) is 563 cm³/mol. The number of rotatable bonds is 8. The summed E-state index contributed by atoms with van der Waals surface area (Å²) < 4.78 is 156. The molecule has 0 fully saturated rings. The maximum atomic E-state index is 6.81. The second-order valence-electron chi connectivity index (χ2n) is 38.2. The fraction of sp³-hybridized carbons (Fsp3) is 0.0377. The van der Waals surface area contributed by atoms with Crippen molar-refractivity contribution in [1.82, 2.24) is 0 Å². The molecule has 0 aromatic heterocycles. The van der Waals surface area contributed by atoms with Crippen LogP contribution in [0.2, 0.25) is 27.3 Å². The van der Waals surface area contributed by atoms with Crippen LogP contribution in [0.3, 0.4) is 0 Å². The van der Waals surface area contributed by atoms with E-state index < -0.39 is 85.4 Å². The van der Waals surface area contributed by atoms with E-state index >= 15 is 0 Å². The van der Waals surface area contributed by atoms with E-state index in [-0.39, 0.29) is 0 Å². The number of fused-ring (bicyclic) bond motifs is 36. The summed E-state index contributed by atoms with van der Waals surface area (Å²) in [6, 6.07) is 87.7. The molecular weight excluding hydrogens is 1810 g/mol. The molecular formula is C106H56B14O24. The molecule has 0 saturated heterocycles. The molecule has 12 aliphatic rings. The Hall–Kier alpha value is -17.2. The third kappa shape index (κ3) is 11.9. The van der Waals surface area contributed by atoms with Crippen LogP contribution in [-0.2, 0) is 0 Å². The summed E-state index contributed by atoms with van der Waals surface area (Å²) in [5.41, 5.74) is 7.71. The number of hydrogen-bond donors (Lipinski definition) is 0. The van der Waals surface area contributed by atoms with Gasteiger partial charge < -0.3 is 112 Å². The molecule has 666 valence electrons. The molecule has 12 aliphatic heterocycles. The van der Waals surface area contributed by atoms with Crippen LogP contribution in [0.5, 0.6) is 138 Å². The van der Waals surface area contributed by atoms with E-state index in [9.17, 15) is 0 Å². The van der Waals surface area contributed by atoms with E-state index in [2.05, 4.69) is 0 Å². The van der Waals surface area contributed by atoms with Crippen LogP contribution < -0.4 is 166 Å². The van der Waals surface area contributed by atoms with Gasteiger partial charge in [0.15, 0.2) is 0 Å².